The molecule has 0 bridgehead atoms. The third kappa shape index (κ3) is 5.00. The number of hydrogen-bond acceptors (Lipinski definition) is 2. The first kappa shape index (κ1) is 30.3. The Balaban J connectivity index is 1.11. The van der Waals surface area contributed by atoms with Crippen LogP contribution in [0.25, 0.3) is 50.0 Å². The fourth-order valence-corrected chi connectivity index (χ4v) is 9.75. The van der Waals surface area contributed by atoms with Gasteiger partial charge in [0.2, 0.25) is 0 Å². The summed E-state index contributed by atoms with van der Waals surface area (Å²) in [6.07, 6.45) is 16.1. The maximum atomic E-state index is 5.27. The minimum atomic E-state index is -0.0333. The predicted molar refractivity (Wildman–Crippen MR) is 214 cm³/mol. The van der Waals surface area contributed by atoms with Crippen molar-refractivity contribution in [3.63, 3.8) is 0 Å². The lowest BCUT2D eigenvalue weighted by Crippen LogP contribution is -2.21. The molecule has 0 spiro atoms. The molecule has 0 saturated heterocycles. The molecule has 2 aromatic heterocycles. The van der Waals surface area contributed by atoms with Crippen LogP contribution in [0, 0.1) is 0 Å². The second-order valence-electron chi connectivity index (χ2n) is 14.2. The third-order valence-electron chi connectivity index (χ3n) is 11.0. The molecule has 3 nitrogen and oxygen atoms in total. The molecule has 0 saturated carbocycles. The molecule has 3 heterocycles. The van der Waals surface area contributed by atoms with Crippen molar-refractivity contribution >= 4 is 39.3 Å². The van der Waals surface area contributed by atoms with E-state index in [1.54, 1.807) is 0 Å². The number of nitrogens with zero attached hydrogens (tertiary/aromatic N) is 3. The van der Waals surface area contributed by atoms with Crippen molar-refractivity contribution in [2.45, 2.75) is 42.5 Å². The van der Waals surface area contributed by atoms with Gasteiger partial charge in [-0.2, -0.15) is 5.10 Å². The van der Waals surface area contributed by atoms with Crippen molar-refractivity contribution in [3.8, 4) is 22.5 Å². The topological polar surface area (TPSA) is 22.8 Å². The molecule has 2 aliphatic carbocycles. The van der Waals surface area contributed by atoms with Crippen molar-refractivity contribution in [1.82, 2.24) is 14.3 Å². The van der Waals surface area contributed by atoms with Gasteiger partial charge in [0.05, 0.1) is 29.0 Å². The molecule has 5 aromatic carbocycles. The van der Waals surface area contributed by atoms with Crippen LogP contribution in [0.2, 0.25) is 0 Å². The van der Waals surface area contributed by atoms with Gasteiger partial charge in [0.25, 0.3) is 0 Å². The molecule has 7 aromatic rings. The summed E-state index contributed by atoms with van der Waals surface area (Å²) >= 11 is 1.95. The smallest absolute Gasteiger partial charge is 0.0929 e. The fourth-order valence-electron chi connectivity index (χ4n) is 8.30. The van der Waals surface area contributed by atoms with Gasteiger partial charge in [-0.15, -0.1) is 0 Å². The van der Waals surface area contributed by atoms with E-state index in [1.807, 2.05) is 11.8 Å². The number of fused-ring (bicyclic) bond motifs is 6. The zero-order valence-electron chi connectivity index (χ0n) is 28.5. The van der Waals surface area contributed by atoms with Crippen molar-refractivity contribution in [2.75, 3.05) is 0 Å². The van der Waals surface area contributed by atoms with Crippen LogP contribution in [0.4, 0.5) is 0 Å². The van der Waals surface area contributed by atoms with E-state index in [2.05, 4.69) is 180 Å². The largest absolute Gasteiger partial charge is 0.310 e. The molecule has 2 unspecified atom stereocenters. The van der Waals surface area contributed by atoms with Crippen LogP contribution < -0.4 is 0 Å². The molecule has 0 amide bonds. The summed E-state index contributed by atoms with van der Waals surface area (Å²) in [5.74, 6) is 0.269. The molecule has 0 fully saturated rings. The van der Waals surface area contributed by atoms with E-state index in [9.17, 15) is 0 Å². The summed E-state index contributed by atoms with van der Waals surface area (Å²) in [6.45, 7) is 3.14. The normalized spacial score (nSPS) is 19.3. The van der Waals surface area contributed by atoms with Gasteiger partial charge in [0.1, 0.15) is 0 Å². The van der Waals surface area contributed by atoms with Crippen molar-refractivity contribution < 1.29 is 0 Å². The maximum Gasteiger partial charge on any atom is 0.0929 e. The van der Waals surface area contributed by atoms with Gasteiger partial charge in [-0.05, 0) is 59.9 Å². The van der Waals surface area contributed by atoms with E-state index in [1.165, 1.54) is 65.3 Å². The molecule has 3 aliphatic rings. The zero-order valence-corrected chi connectivity index (χ0v) is 29.4. The molecular formula is C47H37N3S. The van der Waals surface area contributed by atoms with Gasteiger partial charge in [0, 0.05) is 48.7 Å². The lowest BCUT2D eigenvalue weighted by atomic mass is 9.75. The van der Waals surface area contributed by atoms with Crippen LogP contribution in [0.5, 0.6) is 0 Å². The Labute approximate surface area is 303 Å². The number of aromatic nitrogens is 3. The molecule has 51 heavy (non-hydrogen) atoms. The Bertz CT molecular complexity index is 2550. The SMILES string of the molecule is CC12CC=CC=C1Sc1c(-c3cc(-c4ccccc4)nn3Cc3ccccc3)cc(C3C=CC(n4c5ccccc5c5ccccc54)=CC3)cc12. The third-order valence-corrected chi connectivity index (χ3v) is 12.5. The van der Waals surface area contributed by atoms with Crippen LogP contribution in [-0.4, -0.2) is 14.3 Å². The Hall–Kier alpha value is -5.58. The van der Waals surface area contributed by atoms with Crippen molar-refractivity contribution in [3.05, 3.63) is 185 Å². The van der Waals surface area contributed by atoms with Crippen LogP contribution in [-0.2, 0) is 12.0 Å². The van der Waals surface area contributed by atoms with Gasteiger partial charge in [-0.25, -0.2) is 0 Å². The fraction of sp³-hybridized carbons (Fsp3) is 0.128. The van der Waals surface area contributed by atoms with Crippen LogP contribution >= 0.6 is 11.8 Å². The summed E-state index contributed by atoms with van der Waals surface area (Å²) in [5.41, 5.74) is 12.3. The molecule has 1 aliphatic heterocycles. The number of thioether (sulfide) groups is 1. The molecule has 4 heteroatoms. The van der Waals surface area contributed by atoms with E-state index < -0.39 is 0 Å². The molecule has 10 rings (SSSR count). The van der Waals surface area contributed by atoms with Crippen LogP contribution in [0.3, 0.4) is 0 Å². The summed E-state index contributed by atoms with van der Waals surface area (Å²) in [4.78, 5) is 2.80. The van der Waals surface area contributed by atoms with E-state index in [0.717, 1.165) is 24.1 Å². The van der Waals surface area contributed by atoms with E-state index >= 15 is 0 Å². The van der Waals surface area contributed by atoms with Gasteiger partial charge in [0.15, 0.2) is 0 Å². The minimum Gasteiger partial charge on any atom is -0.310 e. The summed E-state index contributed by atoms with van der Waals surface area (Å²) in [7, 11) is 0. The number of benzene rings is 5. The highest BCUT2D eigenvalue weighted by molar-refractivity contribution is 8.03. The first-order valence-corrected chi connectivity index (χ1v) is 18.7. The Kier molecular flexibility index (Phi) is 7.14. The highest BCUT2D eigenvalue weighted by Gasteiger charge is 2.42. The Morgan fingerprint density at radius 1 is 0.804 bits per heavy atom. The zero-order chi connectivity index (χ0) is 33.9. The maximum absolute atomic E-state index is 5.27. The monoisotopic (exact) mass is 675 g/mol. The molecule has 246 valence electrons. The average molecular weight is 676 g/mol. The molecule has 0 N–H and O–H groups in total. The quantitative estimate of drug-likeness (QED) is 0.175. The summed E-state index contributed by atoms with van der Waals surface area (Å²) in [5, 5.41) is 7.86. The predicted octanol–water partition coefficient (Wildman–Crippen LogP) is 12.2. The first-order valence-electron chi connectivity index (χ1n) is 17.9. The lowest BCUT2D eigenvalue weighted by Gasteiger charge is -2.28. The number of allylic oxidation sites excluding steroid dienone is 8. The number of para-hydroxylation sites is 2. The van der Waals surface area contributed by atoms with Gasteiger partial charge < -0.3 is 4.57 Å². The second-order valence-corrected chi connectivity index (χ2v) is 15.2. The number of hydrogen-bond donors (Lipinski definition) is 0. The lowest BCUT2D eigenvalue weighted by molar-refractivity contribution is 0.587. The number of rotatable bonds is 6. The average Bonchev–Trinajstić information content (AvgIpc) is 3.85. The van der Waals surface area contributed by atoms with Gasteiger partial charge in [-0.1, -0.05) is 152 Å². The van der Waals surface area contributed by atoms with E-state index in [-0.39, 0.29) is 11.3 Å². The van der Waals surface area contributed by atoms with Gasteiger partial charge >= 0.3 is 0 Å². The first-order chi connectivity index (χ1) is 25.1. The van der Waals surface area contributed by atoms with Crippen molar-refractivity contribution in [1.29, 1.82) is 0 Å². The van der Waals surface area contributed by atoms with E-state index in [0.29, 0.717) is 6.54 Å². The molecule has 0 radical (unpaired) electrons. The van der Waals surface area contributed by atoms with E-state index in [4.69, 9.17) is 5.10 Å². The molecular weight excluding hydrogens is 639 g/mol. The summed E-state index contributed by atoms with van der Waals surface area (Å²) < 4.78 is 4.66. The highest BCUT2D eigenvalue weighted by Crippen LogP contribution is 2.59. The van der Waals surface area contributed by atoms with Crippen LogP contribution in [0.15, 0.2) is 174 Å². The van der Waals surface area contributed by atoms with Crippen LogP contribution in [0.1, 0.15) is 42.4 Å². The minimum absolute atomic E-state index is 0.0333. The molecule has 2 atom stereocenters. The standard InChI is InChI=1S/C47H37N3S/c1-47-27-13-12-22-45(47)51-46-39(44-30-41(34-16-6-3-7-17-34)48-49(44)31-32-14-4-2-5-15-32)28-35(29-40(46)47)33-23-25-36(26-24-33)50-42-20-10-8-18-37(42)38-19-9-11-21-43(38)50/h2-23,25-26,28-30,33H,24,27,31H2,1H3. The Morgan fingerprint density at radius 2 is 1.51 bits per heavy atom. The van der Waals surface area contributed by atoms with Crippen molar-refractivity contribution in [2.24, 2.45) is 0 Å². The Morgan fingerprint density at radius 3 is 2.24 bits per heavy atom. The van der Waals surface area contributed by atoms with Gasteiger partial charge in [-0.3, -0.25) is 4.68 Å². The summed E-state index contributed by atoms with van der Waals surface area (Å²) in [6, 6.07) is 46.2. The highest BCUT2D eigenvalue weighted by atomic mass is 32.2. The second kappa shape index (κ2) is 12.0.